The van der Waals surface area contributed by atoms with Gasteiger partial charge in [-0.25, -0.2) is 13.8 Å². The van der Waals surface area contributed by atoms with Gasteiger partial charge in [-0.15, -0.1) is 0 Å². The molecular weight excluding hydrogens is 286 g/mol. The molecule has 3 rings (SSSR count). The molecule has 2 heterocycles. The molecule has 22 heavy (non-hydrogen) atoms. The minimum absolute atomic E-state index is 0.162. The van der Waals surface area contributed by atoms with Gasteiger partial charge in [-0.2, -0.15) is 0 Å². The summed E-state index contributed by atoms with van der Waals surface area (Å²) in [6.07, 6.45) is 1.69. The SMILES string of the molecule is Cc1nc2n(CC(=O)c3c(F)cccc3F)cccc-2c1C. The van der Waals surface area contributed by atoms with Gasteiger partial charge in [-0.05, 0) is 43.7 Å². The molecule has 2 aliphatic rings. The zero-order valence-corrected chi connectivity index (χ0v) is 12.2. The summed E-state index contributed by atoms with van der Waals surface area (Å²) in [5.41, 5.74) is 2.34. The number of benzene rings is 1. The van der Waals surface area contributed by atoms with Crippen LogP contribution in [0.25, 0.3) is 11.4 Å². The second kappa shape index (κ2) is 5.33. The molecule has 0 bridgehead atoms. The molecule has 0 aliphatic carbocycles. The van der Waals surface area contributed by atoms with Crippen molar-refractivity contribution in [2.24, 2.45) is 0 Å². The van der Waals surface area contributed by atoms with E-state index in [-0.39, 0.29) is 6.54 Å². The Morgan fingerprint density at radius 1 is 1.14 bits per heavy atom. The summed E-state index contributed by atoms with van der Waals surface area (Å²) in [7, 11) is 0. The van der Waals surface area contributed by atoms with Crippen molar-refractivity contribution in [3.8, 4) is 11.4 Å². The number of ketones is 1. The first-order valence-corrected chi connectivity index (χ1v) is 6.88. The van der Waals surface area contributed by atoms with Crippen LogP contribution in [0.15, 0.2) is 36.5 Å². The van der Waals surface area contributed by atoms with Crippen molar-refractivity contribution in [2.75, 3.05) is 0 Å². The lowest BCUT2D eigenvalue weighted by Gasteiger charge is -2.11. The van der Waals surface area contributed by atoms with E-state index in [1.54, 1.807) is 16.8 Å². The molecule has 0 spiro atoms. The van der Waals surface area contributed by atoms with E-state index in [0.717, 1.165) is 29.0 Å². The standard InChI is InChI=1S/C17H14F2N2O/c1-10-11(2)20-17-12(10)5-4-8-21(17)9-15(22)16-13(18)6-3-7-14(16)19/h3-8H,9H2,1-2H3. The minimum atomic E-state index is -0.847. The molecule has 0 N–H and O–H groups in total. The fraction of sp³-hybridized carbons (Fsp3) is 0.176. The third kappa shape index (κ3) is 2.28. The molecule has 2 aliphatic heterocycles. The molecule has 1 aromatic carbocycles. The number of carbonyl (C=O) groups excluding carboxylic acids is 1. The van der Waals surface area contributed by atoms with Crippen LogP contribution in [0.2, 0.25) is 0 Å². The number of aryl methyl sites for hydroxylation is 1. The lowest BCUT2D eigenvalue weighted by molar-refractivity contribution is 0.0964. The number of nitrogens with zero attached hydrogens (tertiary/aromatic N) is 2. The van der Waals surface area contributed by atoms with Gasteiger partial charge in [-0.3, -0.25) is 4.79 Å². The molecule has 0 saturated heterocycles. The van der Waals surface area contributed by atoms with Crippen LogP contribution in [0.1, 0.15) is 21.6 Å². The van der Waals surface area contributed by atoms with Crippen molar-refractivity contribution in [1.82, 2.24) is 9.55 Å². The maximum absolute atomic E-state index is 13.7. The maximum atomic E-state index is 13.7. The van der Waals surface area contributed by atoms with Gasteiger partial charge in [0.1, 0.15) is 17.5 Å². The van der Waals surface area contributed by atoms with E-state index < -0.39 is 23.0 Å². The van der Waals surface area contributed by atoms with Crippen LogP contribution in [0.4, 0.5) is 8.78 Å². The molecule has 0 fully saturated rings. The number of fused-ring (bicyclic) bond motifs is 1. The Kier molecular flexibility index (Phi) is 3.48. The third-order valence-corrected chi connectivity index (χ3v) is 3.82. The molecule has 0 aromatic heterocycles. The number of carbonyl (C=O) groups is 1. The predicted molar refractivity (Wildman–Crippen MR) is 79.0 cm³/mol. The molecule has 5 heteroatoms. The molecular formula is C17H14F2N2O. The van der Waals surface area contributed by atoms with Gasteiger partial charge in [0, 0.05) is 17.5 Å². The molecule has 1 aromatic rings. The Bertz CT molecular complexity index is 819. The van der Waals surface area contributed by atoms with Crippen LogP contribution in [0.3, 0.4) is 0 Å². The van der Waals surface area contributed by atoms with Crippen molar-refractivity contribution in [3.05, 3.63) is 65.0 Å². The van der Waals surface area contributed by atoms with Gasteiger partial charge in [0.2, 0.25) is 0 Å². The minimum Gasteiger partial charge on any atom is -0.325 e. The second-order valence-electron chi connectivity index (χ2n) is 5.22. The second-order valence-corrected chi connectivity index (χ2v) is 5.22. The van der Waals surface area contributed by atoms with Crippen molar-refractivity contribution in [2.45, 2.75) is 20.4 Å². The lowest BCUT2D eigenvalue weighted by atomic mass is 10.1. The average Bonchev–Trinajstić information content (AvgIpc) is 2.76. The highest BCUT2D eigenvalue weighted by Crippen LogP contribution is 2.27. The van der Waals surface area contributed by atoms with Crippen molar-refractivity contribution >= 4 is 5.78 Å². The number of hydrogen-bond acceptors (Lipinski definition) is 2. The number of hydrogen-bond donors (Lipinski definition) is 0. The molecule has 0 unspecified atom stereocenters. The molecule has 0 atom stereocenters. The topological polar surface area (TPSA) is 34.9 Å². The third-order valence-electron chi connectivity index (χ3n) is 3.82. The Balaban J connectivity index is 2.00. The monoisotopic (exact) mass is 300 g/mol. The summed E-state index contributed by atoms with van der Waals surface area (Å²) < 4.78 is 29.0. The normalized spacial score (nSPS) is 11.1. The molecule has 0 saturated carbocycles. The first-order valence-electron chi connectivity index (χ1n) is 6.88. The van der Waals surface area contributed by atoms with E-state index in [1.165, 1.54) is 6.07 Å². The van der Waals surface area contributed by atoms with Crippen LogP contribution in [0, 0.1) is 25.5 Å². The smallest absolute Gasteiger partial charge is 0.188 e. The molecule has 0 amide bonds. The van der Waals surface area contributed by atoms with Gasteiger partial charge >= 0.3 is 0 Å². The highest BCUT2D eigenvalue weighted by molar-refractivity contribution is 5.96. The van der Waals surface area contributed by atoms with Crippen LogP contribution in [0.5, 0.6) is 0 Å². The Hall–Kier alpha value is -2.56. The summed E-state index contributed by atoms with van der Waals surface area (Å²) in [6, 6.07) is 7.10. The number of rotatable bonds is 3. The number of pyridine rings is 1. The maximum Gasteiger partial charge on any atom is 0.188 e. The summed E-state index contributed by atoms with van der Waals surface area (Å²) >= 11 is 0. The van der Waals surface area contributed by atoms with E-state index in [0.29, 0.717) is 5.82 Å². The molecule has 112 valence electrons. The van der Waals surface area contributed by atoms with Crippen molar-refractivity contribution < 1.29 is 13.6 Å². The van der Waals surface area contributed by atoms with Crippen LogP contribution < -0.4 is 0 Å². The Labute approximate surface area is 126 Å². The fourth-order valence-corrected chi connectivity index (χ4v) is 2.52. The van der Waals surface area contributed by atoms with Gasteiger partial charge in [0.05, 0.1) is 12.1 Å². The first-order chi connectivity index (χ1) is 10.5. The van der Waals surface area contributed by atoms with Crippen molar-refractivity contribution in [3.63, 3.8) is 0 Å². The Morgan fingerprint density at radius 2 is 1.82 bits per heavy atom. The molecule has 0 radical (unpaired) electrons. The highest BCUT2D eigenvalue weighted by Gasteiger charge is 2.20. The number of halogens is 2. The van der Waals surface area contributed by atoms with E-state index in [2.05, 4.69) is 4.98 Å². The lowest BCUT2D eigenvalue weighted by Crippen LogP contribution is -2.15. The van der Waals surface area contributed by atoms with Crippen LogP contribution in [-0.2, 0) is 6.54 Å². The van der Waals surface area contributed by atoms with Gasteiger partial charge in [0.15, 0.2) is 5.78 Å². The highest BCUT2D eigenvalue weighted by atomic mass is 19.1. The quantitative estimate of drug-likeness (QED) is 0.690. The number of aromatic nitrogens is 2. The van der Waals surface area contributed by atoms with Gasteiger partial charge in [0.25, 0.3) is 0 Å². The Morgan fingerprint density at radius 3 is 2.50 bits per heavy atom. The van der Waals surface area contributed by atoms with E-state index in [1.807, 2.05) is 19.9 Å². The van der Waals surface area contributed by atoms with E-state index in [9.17, 15) is 13.6 Å². The van der Waals surface area contributed by atoms with Crippen LogP contribution >= 0.6 is 0 Å². The summed E-state index contributed by atoms with van der Waals surface area (Å²) in [5.74, 6) is -1.67. The summed E-state index contributed by atoms with van der Waals surface area (Å²) in [5, 5.41) is 0. The summed E-state index contributed by atoms with van der Waals surface area (Å²) in [4.78, 5) is 16.7. The fourth-order valence-electron chi connectivity index (χ4n) is 2.52. The predicted octanol–water partition coefficient (Wildman–Crippen LogP) is 3.77. The molecule has 3 nitrogen and oxygen atoms in total. The van der Waals surface area contributed by atoms with Crippen LogP contribution in [-0.4, -0.2) is 15.3 Å². The first kappa shape index (κ1) is 14.4. The van der Waals surface area contributed by atoms with E-state index >= 15 is 0 Å². The summed E-state index contributed by atoms with van der Waals surface area (Å²) in [6.45, 7) is 3.68. The van der Waals surface area contributed by atoms with E-state index in [4.69, 9.17) is 0 Å². The van der Waals surface area contributed by atoms with Crippen molar-refractivity contribution in [1.29, 1.82) is 0 Å². The number of Topliss-reactive ketones (excluding diaryl/α,β-unsaturated/α-hetero) is 1. The largest absolute Gasteiger partial charge is 0.325 e. The zero-order valence-electron chi connectivity index (χ0n) is 12.2. The average molecular weight is 300 g/mol. The van der Waals surface area contributed by atoms with Gasteiger partial charge in [-0.1, -0.05) is 6.07 Å². The zero-order chi connectivity index (χ0) is 15.9. The van der Waals surface area contributed by atoms with Gasteiger partial charge < -0.3 is 4.57 Å².